The third kappa shape index (κ3) is 14.2. The Morgan fingerprint density at radius 2 is 1.25 bits per heavy atom. The summed E-state index contributed by atoms with van der Waals surface area (Å²) < 4.78 is 10.5. The fourth-order valence-electron chi connectivity index (χ4n) is 3.84. The zero-order chi connectivity index (χ0) is 27.5. The second-order valence-electron chi connectivity index (χ2n) is 9.30. The highest BCUT2D eigenvalue weighted by Crippen LogP contribution is 2.19. The van der Waals surface area contributed by atoms with Crippen LogP contribution in [0.15, 0.2) is 0 Å². The molecule has 0 fully saturated rings. The molecule has 0 amide bonds. The van der Waals surface area contributed by atoms with Gasteiger partial charge < -0.3 is 50.3 Å². The molecule has 36 heavy (non-hydrogen) atoms. The average Bonchev–Trinajstić information content (AvgIpc) is 2.87. The molecule has 11 heteroatoms. The summed E-state index contributed by atoms with van der Waals surface area (Å²) in [5, 5.41) is 78.6. The molecular formula is C25H50O11. The first-order chi connectivity index (χ1) is 17.1. The van der Waals surface area contributed by atoms with Gasteiger partial charge in [0.15, 0.2) is 12.4 Å². The molecule has 8 N–H and O–H groups in total. The van der Waals surface area contributed by atoms with Gasteiger partial charge in [-0.15, -0.1) is 0 Å². The molecule has 0 aromatic heterocycles. The molecule has 0 heterocycles. The summed E-state index contributed by atoms with van der Waals surface area (Å²) in [6, 6.07) is 0. The Morgan fingerprint density at radius 3 is 1.78 bits per heavy atom. The fourth-order valence-corrected chi connectivity index (χ4v) is 3.84. The van der Waals surface area contributed by atoms with Crippen LogP contribution in [0.25, 0.3) is 0 Å². The molecule has 0 spiro atoms. The molecule has 0 aliphatic carbocycles. The number of rotatable bonds is 23. The van der Waals surface area contributed by atoms with Gasteiger partial charge in [-0.3, -0.25) is 0 Å². The van der Waals surface area contributed by atoms with Crippen molar-refractivity contribution >= 4 is 5.97 Å². The Bertz CT molecular complexity index is 536. The molecule has 11 nitrogen and oxygen atoms in total. The number of esters is 1. The van der Waals surface area contributed by atoms with Crippen molar-refractivity contribution in [3.8, 4) is 0 Å². The number of carbonyl (C=O) groups excluding carboxylic acids is 1. The van der Waals surface area contributed by atoms with Crippen molar-refractivity contribution < 1.29 is 55.1 Å². The van der Waals surface area contributed by atoms with Crippen LogP contribution in [0.5, 0.6) is 0 Å². The van der Waals surface area contributed by atoms with E-state index in [0.29, 0.717) is 12.8 Å². The lowest BCUT2D eigenvalue weighted by atomic mass is 10.0. The van der Waals surface area contributed by atoms with E-state index in [4.69, 9.17) is 14.6 Å². The molecular weight excluding hydrogens is 476 g/mol. The second-order valence-corrected chi connectivity index (χ2v) is 9.30. The molecule has 0 aliphatic heterocycles. The molecule has 0 saturated heterocycles. The second kappa shape index (κ2) is 21.1. The normalized spacial score (nSPS) is 18.6. The molecule has 0 bridgehead atoms. The van der Waals surface area contributed by atoms with Crippen LogP contribution in [-0.4, -0.2) is 109 Å². The van der Waals surface area contributed by atoms with Gasteiger partial charge in [0.25, 0.3) is 0 Å². The molecule has 0 saturated carbocycles. The van der Waals surface area contributed by atoms with Crippen molar-refractivity contribution in [3.05, 3.63) is 0 Å². The molecule has 0 radical (unpaired) electrons. The number of aliphatic hydroxyl groups is 8. The van der Waals surface area contributed by atoms with E-state index in [-0.39, 0.29) is 18.9 Å². The van der Waals surface area contributed by atoms with Crippen LogP contribution in [-0.2, 0) is 14.3 Å². The van der Waals surface area contributed by atoms with Crippen molar-refractivity contribution in [2.45, 2.75) is 140 Å². The van der Waals surface area contributed by atoms with E-state index in [1.54, 1.807) is 0 Å². The molecule has 0 aromatic carbocycles. The minimum Gasteiger partial charge on any atom is -0.457 e. The maximum absolute atomic E-state index is 12.2. The van der Waals surface area contributed by atoms with Crippen molar-refractivity contribution in [3.63, 3.8) is 0 Å². The summed E-state index contributed by atoms with van der Waals surface area (Å²) in [6.45, 7) is 3.01. The van der Waals surface area contributed by atoms with Crippen LogP contribution in [0, 0.1) is 0 Å². The highest BCUT2D eigenvalue weighted by molar-refractivity contribution is 5.75. The average molecular weight is 527 g/mol. The predicted molar refractivity (Wildman–Crippen MR) is 132 cm³/mol. The summed E-state index contributed by atoms with van der Waals surface area (Å²) in [7, 11) is 0. The van der Waals surface area contributed by atoms with Gasteiger partial charge in [-0.25, -0.2) is 4.79 Å². The van der Waals surface area contributed by atoms with Crippen molar-refractivity contribution in [2.24, 2.45) is 0 Å². The largest absolute Gasteiger partial charge is 0.457 e. The minimum atomic E-state index is -2.20. The highest BCUT2D eigenvalue weighted by Gasteiger charge is 2.38. The topological polar surface area (TPSA) is 197 Å². The first-order valence-electron chi connectivity index (χ1n) is 13.3. The van der Waals surface area contributed by atoms with E-state index in [1.807, 2.05) is 6.92 Å². The number of ether oxygens (including phenoxy) is 2. The zero-order valence-corrected chi connectivity index (χ0v) is 21.8. The molecule has 0 aliphatic rings. The van der Waals surface area contributed by atoms with Gasteiger partial charge in [0, 0.05) is 19.6 Å². The standard InChI is InChI=1S/C25H50O11/c1-3-5-6-7-8-9-10-11-12-17(4-2)35-24(33)23(32)21(30)19(14-16-27)36-25(34)22(31)20(29)18(28)13-15-26/h17-24,26-33H,3-16H2,1-2H3. The minimum absolute atomic E-state index is 0.298. The van der Waals surface area contributed by atoms with Gasteiger partial charge >= 0.3 is 5.97 Å². The third-order valence-electron chi connectivity index (χ3n) is 6.26. The van der Waals surface area contributed by atoms with E-state index < -0.39 is 62.1 Å². The van der Waals surface area contributed by atoms with Crippen LogP contribution < -0.4 is 0 Å². The van der Waals surface area contributed by atoms with Crippen LogP contribution >= 0.6 is 0 Å². The fraction of sp³-hybridized carbons (Fsp3) is 0.960. The monoisotopic (exact) mass is 526 g/mol. The summed E-state index contributed by atoms with van der Waals surface area (Å²) in [4.78, 5) is 12.2. The van der Waals surface area contributed by atoms with Crippen LogP contribution in [0.2, 0.25) is 0 Å². The first-order valence-corrected chi connectivity index (χ1v) is 13.3. The Balaban J connectivity index is 4.75. The number of carbonyl (C=O) groups is 1. The van der Waals surface area contributed by atoms with Crippen LogP contribution in [0.3, 0.4) is 0 Å². The maximum Gasteiger partial charge on any atom is 0.338 e. The smallest absolute Gasteiger partial charge is 0.338 e. The summed E-state index contributed by atoms with van der Waals surface area (Å²) in [5.74, 6) is -1.42. The molecule has 0 rings (SSSR count). The van der Waals surface area contributed by atoms with E-state index in [1.165, 1.54) is 32.1 Å². The summed E-state index contributed by atoms with van der Waals surface area (Å²) in [6.07, 6.45) is -3.43. The molecule has 8 unspecified atom stereocenters. The predicted octanol–water partition coefficient (Wildman–Crippen LogP) is 0.112. The van der Waals surface area contributed by atoms with E-state index in [2.05, 4.69) is 6.92 Å². The number of hydrogen-bond acceptors (Lipinski definition) is 11. The number of aliphatic hydroxyl groups excluding tert-OH is 8. The molecule has 0 aromatic rings. The quantitative estimate of drug-likeness (QED) is 0.0511. The van der Waals surface area contributed by atoms with Gasteiger partial charge in [0.05, 0.1) is 12.2 Å². The Hall–Kier alpha value is -0.890. The van der Waals surface area contributed by atoms with E-state index in [9.17, 15) is 40.5 Å². The Morgan fingerprint density at radius 1 is 0.694 bits per heavy atom. The highest BCUT2D eigenvalue weighted by atomic mass is 16.6. The van der Waals surface area contributed by atoms with Gasteiger partial charge in [-0.1, -0.05) is 65.2 Å². The van der Waals surface area contributed by atoms with Gasteiger partial charge in [0.1, 0.15) is 24.4 Å². The third-order valence-corrected chi connectivity index (χ3v) is 6.26. The van der Waals surface area contributed by atoms with Crippen LogP contribution in [0.1, 0.15) is 90.9 Å². The zero-order valence-electron chi connectivity index (χ0n) is 21.8. The van der Waals surface area contributed by atoms with Gasteiger partial charge in [-0.05, 0) is 19.3 Å². The molecule has 216 valence electrons. The Labute approximate surface area is 214 Å². The summed E-state index contributed by atoms with van der Waals surface area (Å²) >= 11 is 0. The Kier molecular flexibility index (Phi) is 20.6. The lowest BCUT2D eigenvalue weighted by molar-refractivity contribution is -0.228. The van der Waals surface area contributed by atoms with Crippen molar-refractivity contribution in [1.29, 1.82) is 0 Å². The number of unbranched alkanes of at least 4 members (excludes halogenated alkanes) is 7. The van der Waals surface area contributed by atoms with E-state index in [0.717, 1.165) is 19.3 Å². The van der Waals surface area contributed by atoms with Crippen LogP contribution in [0.4, 0.5) is 0 Å². The van der Waals surface area contributed by atoms with Crippen molar-refractivity contribution in [1.82, 2.24) is 0 Å². The summed E-state index contributed by atoms with van der Waals surface area (Å²) in [5.41, 5.74) is 0. The lowest BCUT2D eigenvalue weighted by Gasteiger charge is -2.31. The van der Waals surface area contributed by atoms with Gasteiger partial charge in [-0.2, -0.15) is 0 Å². The van der Waals surface area contributed by atoms with E-state index >= 15 is 0 Å². The van der Waals surface area contributed by atoms with Gasteiger partial charge in [0.2, 0.25) is 0 Å². The SMILES string of the molecule is CCCCCCCCCCC(CC)OC(O)C(O)C(O)C(CCO)OC(=O)C(O)C(O)C(O)CCO. The van der Waals surface area contributed by atoms with Crippen molar-refractivity contribution in [2.75, 3.05) is 13.2 Å². The molecule has 8 atom stereocenters. The first kappa shape index (κ1) is 35.1. The maximum atomic E-state index is 12.2. The number of hydrogen-bond donors (Lipinski definition) is 8. The lowest BCUT2D eigenvalue weighted by Crippen LogP contribution is -2.50.